The van der Waals surface area contributed by atoms with Crippen LogP contribution in [0.5, 0.6) is 0 Å². The maximum Gasteiger partial charge on any atom is 0.175 e. The van der Waals surface area contributed by atoms with Crippen LogP contribution in [0.2, 0.25) is 0 Å². The molecule has 1 aliphatic heterocycles. The van der Waals surface area contributed by atoms with Gasteiger partial charge in [0.15, 0.2) is 9.84 Å². The normalized spacial score (nSPS) is 24.1. The lowest BCUT2D eigenvalue weighted by molar-refractivity contribution is 0.129. The molecule has 1 N–H and O–H groups in total. The Kier molecular flexibility index (Phi) is 5.41. The lowest BCUT2D eigenvalue weighted by Crippen LogP contribution is -2.54. The summed E-state index contributed by atoms with van der Waals surface area (Å²) < 4.78 is 23.0. The molecule has 0 aliphatic carbocycles. The molecule has 1 aromatic carbocycles. The van der Waals surface area contributed by atoms with Crippen LogP contribution in [0.1, 0.15) is 32.3 Å². The standard InChI is InChI=1S/C16H26N2O2S/c1-4-5-15-12-18(13(2)10-17-15)11-14-6-8-16(9-7-14)21(3,19)20/h6-9,13,15,17H,4-5,10-12H2,1-3H3. The number of nitrogens with one attached hydrogen (secondary N) is 1. The summed E-state index contributed by atoms with van der Waals surface area (Å²) in [6.45, 7) is 7.41. The van der Waals surface area contributed by atoms with E-state index in [0.717, 1.165) is 19.6 Å². The molecule has 2 unspecified atom stereocenters. The number of hydrogen-bond acceptors (Lipinski definition) is 4. The first-order chi connectivity index (χ1) is 9.90. The van der Waals surface area contributed by atoms with E-state index >= 15 is 0 Å². The van der Waals surface area contributed by atoms with Gasteiger partial charge < -0.3 is 5.32 Å². The van der Waals surface area contributed by atoms with E-state index in [0.29, 0.717) is 17.0 Å². The third-order valence-electron chi connectivity index (χ3n) is 4.15. The second-order valence-corrected chi connectivity index (χ2v) is 8.10. The quantitative estimate of drug-likeness (QED) is 0.904. The average molecular weight is 310 g/mol. The predicted molar refractivity (Wildman–Crippen MR) is 86.1 cm³/mol. The molecule has 118 valence electrons. The van der Waals surface area contributed by atoms with Gasteiger partial charge in [-0.2, -0.15) is 0 Å². The molecule has 21 heavy (non-hydrogen) atoms. The van der Waals surface area contributed by atoms with E-state index in [1.54, 1.807) is 12.1 Å². The van der Waals surface area contributed by atoms with Crippen molar-refractivity contribution in [2.75, 3.05) is 19.3 Å². The largest absolute Gasteiger partial charge is 0.311 e. The number of rotatable bonds is 5. The molecule has 2 rings (SSSR count). The van der Waals surface area contributed by atoms with Crippen LogP contribution in [0.15, 0.2) is 29.2 Å². The Hall–Kier alpha value is -0.910. The Bertz CT molecular complexity index is 554. The van der Waals surface area contributed by atoms with Crippen LogP contribution in [0.3, 0.4) is 0 Å². The highest BCUT2D eigenvalue weighted by atomic mass is 32.2. The van der Waals surface area contributed by atoms with E-state index in [-0.39, 0.29) is 0 Å². The summed E-state index contributed by atoms with van der Waals surface area (Å²) in [5.41, 5.74) is 1.17. The topological polar surface area (TPSA) is 49.4 Å². The van der Waals surface area contributed by atoms with Gasteiger partial charge in [-0.1, -0.05) is 25.5 Å². The number of piperazine rings is 1. The maximum atomic E-state index is 11.5. The molecule has 1 aromatic rings. The van der Waals surface area contributed by atoms with Gasteiger partial charge in [-0.3, -0.25) is 4.90 Å². The van der Waals surface area contributed by atoms with Crippen molar-refractivity contribution in [2.45, 2.75) is 50.2 Å². The first-order valence-electron chi connectivity index (χ1n) is 7.66. The highest BCUT2D eigenvalue weighted by Crippen LogP contribution is 2.16. The fraction of sp³-hybridized carbons (Fsp3) is 0.625. The van der Waals surface area contributed by atoms with Crippen molar-refractivity contribution in [2.24, 2.45) is 0 Å². The predicted octanol–water partition coefficient (Wildman–Crippen LogP) is 2.05. The SMILES string of the molecule is CCCC1CN(Cc2ccc(S(C)(=O)=O)cc2)C(C)CN1. The summed E-state index contributed by atoms with van der Waals surface area (Å²) in [5, 5.41) is 3.59. The highest BCUT2D eigenvalue weighted by Gasteiger charge is 2.24. The van der Waals surface area contributed by atoms with Gasteiger partial charge >= 0.3 is 0 Å². The number of sulfone groups is 1. The molecule has 0 aromatic heterocycles. The molecule has 2 atom stereocenters. The van der Waals surface area contributed by atoms with Crippen molar-refractivity contribution in [1.82, 2.24) is 10.2 Å². The first kappa shape index (κ1) is 16.5. The average Bonchev–Trinajstić information content (AvgIpc) is 2.42. The van der Waals surface area contributed by atoms with Crippen molar-refractivity contribution < 1.29 is 8.42 Å². The third-order valence-corrected chi connectivity index (χ3v) is 5.28. The number of hydrogen-bond donors (Lipinski definition) is 1. The van der Waals surface area contributed by atoms with E-state index < -0.39 is 9.84 Å². The smallest absolute Gasteiger partial charge is 0.175 e. The van der Waals surface area contributed by atoms with Crippen molar-refractivity contribution in [1.29, 1.82) is 0 Å². The summed E-state index contributed by atoms with van der Waals surface area (Å²) in [7, 11) is -3.10. The summed E-state index contributed by atoms with van der Waals surface area (Å²) in [4.78, 5) is 2.87. The minimum absolute atomic E-state index is 0.392. The van der Waals surface area contributed by atoms with E-state index in [1.807, 2.05) is 12.1 Å². The first-order valence-corrected chi connectivity index (χ1v) is 9.55. The summed E-state index contributed by atoms with van der Waals surface area (Å²) >= 11 is 0. The number of nitrogens with zero attached hydrogens (tertiary/aromatic N) is 1. The van der Waals surface area contributed by atoms with Gasteiger partial charge in [0.25, 0.3) is 0 Å². The van der Waals surface area contributed by atoms with Crippen LogP contribution >= 0.6 is 0 Å². The third kappa shape index (κ3) is 4.53. The lowest BCUT2D eigenvalue weighted by atomic mass is 10.0. The Balaban J connectivity index is 2.02. The van der Waals surface area contributed by atoms with Crippen molar-refractivity contribution in [3.05, 3.63) is 29.8 Å². The zero-order valence-corrected chi connectivity index (χ0v) is 14.0. The molecule has 5 heteroatoms. The zero-order chi connectivity index (χ0) is 15.5. The fourth-order valence-corrected chi connectivity index (χ4v) is 3.46. The Labute approximate surface area is 128 Å². The number of benzene rings is 1. The summed E-state index contributed by atoms with van der Waals surface area (Å²) in [5.74, 6) is 0. The van der Waals surface area contributed by atoms with Crippen LogP contribution in [-0.2, 0) is 16.4 Å². The van der Waals surface area contributed by atoms with Crippen LogP contribution in [0.25, 0.3) is 0 Å². The Morgan fingerprint density at radius 3 is 2.52 bits per heavy atom. The van der Waals surface area contributed by atoms with Gasteiger partial charge in [0.1, 0.15) is 0 Å². The van der Waals surface area contributed by atoms with Gasteiger partial charge in [-0.25, -0.2) is 8.42 Å². The van der Waals surface area contributed by atoms with E-state index in [9.17, 15) is 8.42 Å². The maximum absolute atomic E-state index is 11.5. The van der Waals surface area contributed by atoms with Crippen LogP contribution < -0.4 is 5.32 Å². The van der Waals surface area contributed by atoms with Crippen molar-refractivity contribution in [3.8, 4) is 0 Å². The van der Waals surface area contributed by atoms with Gasteiger partial charge in [-0.15, -0.1) is 0 Å². The molecule has 1 fully saturated rings. The van der Waals surface area contributed by atoms with E-state index in [4.69, 9.17) is 0 Å². The van der Waals surface area contributed by atoms with Crippen LogP contribution in [0.4, 0.5) is 0 Å². The molecule has 0 saturated carbocycles. The molecule has 1 saturated heterocycles. The molecule has 4 nitrogen and oxygen atoms in total. The minimum Gasteiger partial charge on any atom is -0.311 e. The van der Waals surface area contributed by atoms with Gasteiger partial charge in [-0.05, 0) is 31.0 Å². The van der Waals surface area contributed by atoms with E-state index in [1.165, 1.54) is 24.7 Å². The highest BCUT2D eigenvalue weighted by molar-refractivity contribution is 7.90. The second-order valence-electron chi connectivity index (χ2n) is 6.09. The van der Waals surface area contributed by atoms with Gasteiger partial charge in [0, 0.05) is 38.0 Å². The van der Waals surface area contributed by atoms with Crippen LogP contribution in [0, 0.1) is 0 Å². The summed E-state index contributed by atoms with van der Waals surface area (Å²) in [6, 6.07) is 8.36. The van der Waals surface area contributed by atoms with Crippen LogP contribution in [-0.4, -0.2) is 44.7 Å². The minimum atomic E-state index is -3.10. The molecule has 1 heterocycles. The van der Waals surface area contributed by atoms with Gasteiger partial charge in [0.2, 0.25) is 0 Å². The Morgan fingerprint density at radius 2 is 1.95 bits per heavy atom. The monoisotopic (exact) mass is 310 g/mol. The molecule has 1 aliphatic rings. The summed E-state index contributed by atoms with van der Waals surface area (Å²) in [6.07, 6.45) is 3.65. The fourth-order valence-electron chi connectivity index (χ4n) is 2.83. The zero-order valence-electron chi connectivity index (χ0n) is 13.2. The molecule has 0 amide bonds. The molecule has 0 spiro atoms. The molecule has 0 radical (unpaired) electrons. The van der Waals surface area contributed by atoms with Crippen molar-refractivity contribution in [3.63, 3.8) is 0 Å². The van der Waals surface area contributed by atoms with E-state index in [2.05, 4.69) is 24.1 Å². The Morgan fingerprint density at radius 1 is 1.29 bits per heavy atom. The molecular weight excluding hydrogens is 284 g/mol. The lowest BCUT2D eigenvalue weighted by Gasteiger charge is -2.39. The van der Waals surface area contributed by atoms with Crippen molar-refractivity contribution >= 4 is 9.84 Å². The molecule has 0 bridgehead atoms. The second kappa shape index (κ2) is 6.90. The molecular formula is C16H26N2O2S. The van der Waals surface area contributed by atoms with Gasteiger partial charge in [0.05, 0.1) is 4.90 Å².